The van der Waals surface area contributed by atoms with Crippen molar-refractivity contribution in [3.8, 4) is 17.0 Å². The molecule has 1 aliphatic rings. The predicted octanol–water partition coefficient (Wildman–Crippen LogP) is 3.15. The van der Waals surface area contributed by atoms with E-state index in [1.807, 2.05) is 24.3 Å². The highest BCUT2D eigenvalue weighted by molar-refractivity contribution is 5.99. The SMILES string of the molecule is COc1ccc(-c2[nH]ncc2C(=O)NC2CCCCC2)cc1. The molecule has 3 rings (SSSR count). The predicted molar refractivity (Wildman–Crippen MR) is 84.9 cm³/mol. The number of hydrogen-bond acceptors (Lipinski definition) is 3. The van der Waals surface area contributed by atoms with E-state index in [9.17, 15) is 4.79 Å². The van der Waals surface area contributed by atoms with Gasteiger partial charge in [0.05, 0.1) is 24.6 Å². The van der Waals surface area contributed by atoms with Crippen molar-refractivity contribution in [3.05, 3.63) is 36.0 Å². The van der Waals surface area contributed by atoms with Crippen molar-refractivity contribution < 1.29 is 9.53 Å². The second-order valence-electron chi connectivity index (χ2n) is 5.70. The summed E-state index contributed by atoms with van der Waals surface area (Å²) in [7, 11) is 1.63. The van der Waals surface area contributed by atoms with Crippen LogP contribution in [0.4, 0.5) is 0 Å². The number of methoxy groups -OCH3 is 1. The Morgan fingerprint density at radius 1 is 1.23 bits per heavy atom. The molecule has 22 heavy (non-hydrogen) atoms. The van der Waals surface area contributed by atoms with E-state index in [4.69, 9.17) is 4.74 Å². The van der Waals surface area contributed by atoms with Crippen molar-refractivity contribution >= 4 is 5.91 Å². The minimum absolute atomic E-state index is 0.0496. The van der Waals surface area contributed by atoms with E-state index < -0.39 is 0 Å². The molecular formula is C17H21N3O2. The highest BCUT2D eigenvalue weighted by Gasteiger charge is 2.20. The largest absolute Gasteiger partial charge is 0.497 e. The van der Waals surface area contributed by atoms with Crippen LogP contribution in [0.15, 0.2) is 30.5 Å². The van der Waals surface area contributed by atoms with E-state index in [2.05, 4.69) is 15.5 Å². The second-order valence-corrected chi connectivity index (χ2v) is 5.70. The number of amides is 1. The molecule has 5 nitrogen and oxygen atoms in total. The number of carbonyl (C=O) groups excluding carboxylic acids is 1. The maximum Gasteiger partial charge on any atom is 0.255 e. The van der Waals surface area contributed by atoms with Gasteiger partial charge in [-0.2, -0.15) is 5.10 Å². The lowest BCUT2D eigenvalue weighted by Crippen LogP contribution is -2.36. The second kappa shape index (κ2) is 6.64. The Labute approximate surface area is 130 Å². The topological polar surface area (TPSA) is 67.0 Å². The van der Waals surface area contributed by atoms with Crippen molar-refractivity contribution in [1.82, 2.24) is 15.5 Å². The van der Waals surface area contributed by atoms with E-state index in [1.165, 1.54) is 19.3 Å². The van der Waals surface area contributed by atoms with Crippen LogP contribution in [0.1, 0.15) is 42.5 Å². The number of hydrogen-bond donors (Lipinski definition) is 2. The van der Waals surface area contributed by atoms with E-state index in [0.29, 0.717) is 11.6 Å². The molecule has 2 N–H and O–H groups in total. The molecule has 2 aromatic rings. The molecule has 5 heteroatoms. The van der Waals surface area contributed by atoms with Gasteiger partial charge in [0.15, 0.2) is 0 Å². The van der Waals surface area contributed by atoms with Crippen LogP contribution in [0.3, 0.4) is 0 Å². The van der Waals surface area contributed by atoms with E-state index in [1.54, 1.807) is 13.3 Å². The molecule has 0 unspecified atom stereocenters. The Bertz CT molecular complexity index is 628. The zero-order chi connectivity index (χ0) is 15.4. The Balaban J connectivity index is 1.76. The van der Waals surface area contributed by atoms with Crippen molar-refractivity contribution in [2.75, 3.05) is 7.11 Å². The summed E-state index contributed by atoms with van der Waals surface area (Å²) in [5.74, 6) is 0.739. The fourth-order valence-electron chi connectivity index (χ4n) is 2.95. The monoisotopic (exact) mass is 299 g/mol. The molecule has 1 heterocycles. The van der Waals surface area contributed by atoms with Crippen LogP contribution >= 0.6 is 0 Å². The average Bonchev–Trinajstić information content (AvgIpc) is 3.05. The third-order valence-corrected chi connectivity index (χ3v) is 4.20. The number of ether oxygens (including phenoxy) is 1. The zero-order valence-corrected chi connectivity index (χ0v) is 12.8. The molecule has 1 aromatic carbocycles. The van der Waals surface area contributed by atoms with E-state index in [-0.39, 0.29) is 5.91 Å². The fourth-order valence-corrected chi connectivity index (χ4v) is 2.95. The van der Waals surface area contributed by atoms with Crippen molar-refractivity contribution in [2.45, 2.75) is 38.1 Å². The zero-order valence-electron chi connectivity index (χ0n) is 12.8. The third kappa shape index (κ3) is 3.13. The smallest absolute Gasteiger partial charge is 0.255 e. The number of aromatic amines is 1. The molecule has 0 atom stereocenters. The van der Waals surface area contributed by atoms with Gasteiger partial charge in [0.25, 0.3) is 5.91 Å². The van der Waals surface area contributed by atoms with Crippen LogP contribution < -0.4 is 10.1 Å². The van der Waals surface area contributed by atoms with Gasteiger partial charge in [-0.3, -0.25) is 9.89 Å². The molecule has 0 bridgehead atoms. The summed E-state index contributed by atoms with van der Waals surface area (Å²) in [5.41, 5.74) is 2.26. The minimum atomic E-state index is -0.0496. The lowest BCUT2D eigenvalue weighted by Gasteiger charge is -2.22. The van der Waals surface area contributed by atoms with Crippen LogP contribution in [0.25, 0.3) is 11.3 Å². The maximum atomic E-state index is 12.5. The Morgan fingerprint density at radius 3 is 2.64 bits per heavy atom. The molecule has 0 spiro atoms. The molecular weight excluding hydrogens is 278 g/mol. The first-order chi connectivity index (χ1) is 10.8. The highest BCUT2D eigenvalue weighted by Crippen LogP contribution is 2.24. The number of benzene rings is 1. The lowest BCUT2D eigenvalue weighted by atomic mass is 9.95. The summed E-state index contributed by atoms with van der Waals surface area (Å²) in [4.78, 5) is 12.5. The fraction of sp³-hybridized carbons (Fsp3) is 0.412. The quantitative estimate of drug-likeness (QED) is 0.911. The van der Waals surface area contributed by atoms with Crippen LogP contribution in [0.2, 0.25) is 0 Å². The van der Waals surface area contributed by atoms with Gasteiger partial charge in [-0.15, -0.1) is 0 Å². The summed E-state index contributed by atoms with van der Waals surface area (Å²) in [6.07, 6.45) is 7.40. The van der Waals surface area contributed by atoms with Crippen LogP contribution in [-0.2, 0) is 0 Å². The molecule has 0 aliphatic heterocycles. The van der Waals surface area contributed by atoms with Gasteiger partial charge in [0, 0.05) is 11.6 Å². The Hall–Kier alpha value is -2.30. The molecule has 0 radical (unpaired) electrons. The molecule has 1 fully saturated rings. The number of nitrogens with zero attached hydrogens (tertiary/aromatic N) is 1. The van der Waals surface area contributed by atoms with Gasteiger partial charge in [-0.1, -0.05) is 19.3 Å². The molecule has 116 valence electrons. The van der Waals surface area contributed by atoms with Gasteiger partial charge >= 0.3 is 0 Å². The van der Waals surface area contributed by atoms with Gasteiger partial charge in [0.2, 0.25) is 0 Å². The first-order valence-electron chi connectivity index (χ1n) is 7.76. The van der Waals surface area contributed by atoms with Gasteiger partial charge < -0.3 is 10.1 Å². The average molecular weight is 299 g/mol. The lowest BCUT2D eigenvalue weighted by molar-refractivity contribution is 0.0928. The number of H-pyrrole nitrogens is 1. The number of nitrogens with one attached hydrogen (secondary N) is 2. The van der Waals surface area contributed by atoms with Crippen molar-refractivity contribution in [2.24, 2.45) is 0 Å². The number of rotatable bonds is 4. The normalized spacial score (nSPS) is 15.5. The van der Waals surface area contributed by atoms with Gasteiger partial charge in [-0.25, -0.2) is 0 Å². The van der Waals surface area contributed by atoms with Crippen molar-refractivity contribution in [1.29, 1.82) is 0 Å². The summed E-state index contributed by atoms with van der Waals surface area (Å²) in [6, 6.07) is 7.88. The first kappa shape index (κ1) is 14.6. The van der Waals surface area contributed by atoms with E-state index in [0.717, 1.165) is 29.8 Å². The van der Waals surface area contributed by atoms with Crippen LogP contribution in [0.5, 0.6) is 5.75 Å². The van der Waals surface area contributed by atoms with Crippen molar-refractivity contribution in [3.63, 3.8) is 0 Å². The first-order valence-corrected chi connectivity index (χ1v) is 7.76. The molecule has 0 saturated heterocycles. The summed E-state index contributed by atoms with van der Waals surface area (Å²) in [6.45, 7) is 0. The van der Waals surface area contributed by atoms with Crippen LogP contribution in [-0.4, -0.2) is 29.3 Å². The summed E-state index contributed by atoms with van der Waals surface area (Å²) >= 11 is 0. The van der Waals surface area contributed by atoms with Gasteiger partial charge in [0.1, 0.15) is 5.75 Å². The molecule has 1 aromatic heterocycles. The Kier molecular flexibility index (Phi) is 4.42. The number of carbonyl (C=O) groups is 1. The standard InChI is InChI=1S/C17H21N3O2/c1-22-14-9-7-12(8-10-14)16-15(11-18-20-16)17(21)19-13-5-3-2-4-6-13/h7-11,13H,2-6H2,1H3,(H,18,20)(H,19,21). The summed E-state index contributed by atoms with van der Waals surface area (Å²) < 4.78 is 5.16. The Morgan fingerprint density at radius 2 is 1.95 bits per heavy atom. The van der Waals surface area contributed by atoms with Gasteiger partial charge in [-0.05, 0) is 37.1 Å². The molecule has 1 saturated carbocycles. The minimum Gasteiger partial charge on any atom is -0.497 e. The highest BCUT2D eigenvalue weighted by atomic mass is 16.5. The summed E-state index contributed by atoms with van der Waals surface area (Å²) in [5, 5.41) is 10.1. The van der Waals surface area contributed by atoms with Crippen LogP contribution in [0, 0.1) is 0 Å². The third-order valence-electron chi connectivity index (χ3n) is 4.20. The number of aromatic nitrogens is 2. The molecule has 1 aliphatic carbocycles. The van der Waals surface area contributed by atoms with E-state index >= 15 is 0 Å². The maximum absolute atomic E-state index is 12.5. The molecule has 1 amide bonds.